The predicted molar refractivity (Wildman–Crippen MR) is 85.8 cm³/mol. The van der Waals surface area contributed by atoms with Crippen molar-refractivity contribution >= 4 is 5.69 Å². The summed E-state index contributed by atoms with van der Waals surface area (Å²) in [4.78, 5) is 2.49. The van der Waals surface area contributed by atoms with Crippen LogP contribution >= 0.6 is 0 Å². The Morgan fingerprint density at radius 1 is 1.15 bits per heavy atom. The van der Waals surface area contributed by atoms with E-state index in [-0.39, 0.29) is 5.54 Å². The normalized spacial score (nSPS) is 18.1. The molecule has 1 fully saturated rings. The van der Waals surface area contributed by atoms with Gasteiger partial charge in [0.05, 0.1) is 6.61 Å². The molecule has 0 radical (unpaired) electrons. The maximum Gasteiger partial charge on any atom is 0.119 e. The van der Waals surface area contributed by atoms with Crippen LogP contribution in [0.3, 0.4) is 0 Å². The largest absolute Gasteiger partial charge is 0.494 e. The van der Waals surface area contributed by atoms with Crippen molar-refractivity contribution in [1.82, 2.24) is 5.32 Å². The van der Waals surface area contributed by atoms with Gasteiger partial charge in [-0.3, -0.25) is 0 Å². The topological polar surface area (TPSA) is 24.5 Å². The number of rotatable bonds is 6. The molecule has 2 rings (SSSR count). The van der Waals surface area contributed by atoms with Crippen LogP contribution < -0.4 is 15.0 Å². The van der Waals surface area contributed by atoms with E-state index in [4.69, 9.17) is 4.74 Å². The van der Waals surface area contributed by atoms with Crippen LogP contribution in [0.4, 0.5) is 5.69 Å². The molecule has 1 aromatic rings. The van der Waals surface area contributed by atoms with E-state index in [1.807, 2.05) is 0 Å². The zero-order valence-electron chi connectivity index (χ0n) is 13.1. The van der Waals surface area contributed by atoms with Crippen LogP contribution in [0.1, 0.15) is 40.0 Å². The van der Waals surface area contributed by atoms with Gasteiger partial charge in [0.2, 0.25) is 0 Å². The highest BCUT2D eigenvalue weighted by molar-refractivity contribution is 5.50. The molecule has 3 heteroatoms. The lowest BCUT2D eigenvalue weighted by Crippen LogP contribution is -2.60. The monoisotopic (exact) mass is 276 g/mol. The van der Waals surface area contributed by atoms with Crippen LogP contribution in [0.5, 0.6) is 5.75 Å². The van der Waals surface area contributed by atoms with Crippen LogP contribution in [0.2, 0.25) is 0 Å². The Kier molecular flexibility index (Phi) is 5.30. The van der Waals surface area contributed by atoms with Crippen molar-refractivity contribution in [2.75, 3.05) is 31.1 Å². The third-order valence-electron chi connectivity index (χ3n) is 4.40. The molecule has 1 aliphatic rings. The molecular formula is C17H28N2O. The summed E-state index contributed by atoms with van der Waals surface area (Å²) in [7, 11) is 0. The number of hydrogen-bond acceptors (Lipinski definition) is 3. The summed E-state index contributed by atoms with van der Waals surface area (Å²) in [5.74, 6) is 0.975. The SMILES string of the molecule is CCCOc1ccc(N2CCNC(CC)(CC)C2)cc1. The molecule has 1 aliphatic heterocycles. The zero-order valence-corrected chi connectivity index (χ0v) is 13.1. The van der Waals surface area contributed by atoms with Crippen molar-refractivity contribution in [3.8, 4) is 5.75 Å². The first-order valence-electron chi connectivity index (χ1n) is 7.96. The second kappa shape index (κ2) is 6.98. The standard InChI is InChI=1S/C17H28N2O/c1-4-13-20-16-9-7-15(8-10-16)19-12-11-18-17(5-2,6-3)14-19/h7-10,18H,4-6,11-14H2,1-3H3. The number of piperazine rings is 1. The van der Waals surface area contributed by atoms with Crippen molar-refractivity contribution in [1.29, 1.82) is 0 Å². The maximum atomic E-state index is 5.65. The van der Waals surface area contributed by atoms with Crippen LogP contribution in [-0.2, 0) is 0 Å². The van der Waals surface area contributed by atoms with Gasteiger partial charge in [0.25, 0.3) is 0 Å². The Balaban J connectivity index is 2.03. The molecular weight excluding hydrogens is 248 g/mol. The molecule has 0 aromatic heterocycles. The van der Waals surface area contributed by atoms with Gasteiger partial charge in [0, 0.05) is 30.9 Å². The van der Waals surface area contributed by atoms with Gasteiger partial charge in [-0.25, -0.2) is 0 Å². The van der Waals surface area contributed by atoms with E-state index in [0.717, 1.165) is 38.4 Å². The summed E-state index contributed by atoms with van der Waals surface area (Å²) in [6.45, 7) is 10.7. The summed E-state index contributed by atoms with van der Waals surface area (Å²) < 4.78 is 5.65. The number of benzene rings is 1. The van der Waals surface area contributed by atoms with E-state index in [9.17, 15) is 0 Å². The lowest BCUT2D eigenvalue weighted by Gasteiger charge is -2.44. The Hall–Kier alpha value is -1.22. The third-order valence-corrected chi connectivity index (χ3v) is 4.40. The molecule has 0 aliphatic carbocycles. The highest BCUT2D eigenvalue weighted by Crippen LogP contribution is 2.26. The van der Waals surface area contributed by atoms with Gasteiger partial charge in [0.15, 0.2) is 0 Å². The molecule has 1 N–H and O–H groups in total. The Bertz CT molecular complexity index is 398. The van der Waals surface area contributed by atoms with Crippen LogP contribution in [0, 0.1) is 0 Å². The molecule has 20 heavy (non-hydrogen) atoms. The van der Waals surface area contributed by atoms with Crippen molar-refractivity contribution in [3.05, 3.63) is 24.3 Å². The van der Waals surface area contributed by atoms with Crippen molar-refractivity contribution in [3.63, 3.8) is 0 Å². The lowest BCUT2D eigenvalue weighted by atomic mass is 9.90. The fraction of sp³-hybridized carbons (Fsp3) is 0.647. The number of anilines is 1. The highest BCUT2D eigenvalue weighted by atomic mass is 16.5. The fourth-order valence-corrected chi connectivity index (χ4v) is 2.87. The average molecular weight is 276 g/mol. The minimum absolute atomic E-state index is 0.273. The molecule has 0 saturated carbocycles. The Morgan fingerprint density at radius 2 is 1.85 bits per heavy atom. The van der Waals surface area contributed by atoms with Gasteiger partial charge in [-0.2, -0.15) is 0 Å². The number of ether oxygens (including phenoxy) is 1. The van der Waals surface area contributed by atoms with Crippen LogP contribution in [0.25, 0.3) is 0 Å². The van der Waals surface area contributed by atoms with Gasteiger partial charge in [-0.15, -0.1) is 0 Å². The molecule has 1 aromatic carbocycles. The van der Waals surface area contributed by atoms with Crippen LogP contribution in [0.15, 0.2) is 24.3 Å². The van der Waals surface area contributed by atoms with E-state index >= 15 is 0 Å². The summed E-state index contributed by atoms with van der Waals surface area (Å²) in [5.41, 5.74) is 1.58. The Labute approximate surface area is 123 Å². The number of nitrogens with zero attached hydrogens (tertiary/aromatic N) is 1. The van der Waals surface area contributed by atoms with Gasteiger partial charge < -0.3 is 15.0 Å². The fourth-order valence-electron chi connectivity index (χ4n) is 2.87. The number of hydrogen-bond donors (Lipinski definition) is 1. The lowest BCUT2D eigenvalue weighted by molar-refractivity contribution is 0.277. The van der Waals surface area contributed by atoms with Crippen molar-refractivity contribution < 1.29 is 4.74 Å². The average Bonchev–Trinajstić information content (AvgIpc) is 2.53. The highest BCUT2D eigenvalue weighted by Gasteiger charge is 2.31. The van der Waals surface area contributed by atoms with E-state index in [1.54, 1.807) is 0 Å². The first kappa shape index (κ1) is 15.2. The van der Waals surface area contributed by atoms with Crippen molar-refractivity contribution in [2.24, 2.45) is 0 Å². The predicted octanol–water partition coefficient (Wildman–Crippen LogP) is 3.44. The van der Waals surface area contributed by atoms with Gasteiger partial charge in [-0.1, -0.05) is 20.8 Å². The van der Waals surface area contributed by atoms with E-state index < -0.39 is 0 Å². The van der Waals surface area contributed by atoms with E-state index in [2.05, 4.69) is 55.3 Å². The van der Waals surface area contributed by atoms with E-state index in [1.165, 1.54) is 18.5 Å². The molecule has 0 atom stereocenters. The molecule has 0 bridgehead atoms. The second-order valence-electron chi connectivity index (χ2n) is 5.68. The first-order chi connectivity index (χ1) is 9.73. The quantitative estimate of drug-likeness (QED) is 0.861. The molecule has 1 saturated heterocycles. The number of nitrogens with one attached hydrogen (secondary N) is 1. The summed E-state index contributed by atoms with van der Waals surface area (Å²) in [6, 6.07) is 8.55. The van der Waals surface area contributed by atoms with Gasteiger partial charge >= 0.3 is 0 Å². The van der Waals surface area contributed by atoms with Gasteiger partial charge in [-0.05, 0) is 43.5 Å². The second-order valence-corrected chi connectivity index (χ2v) is 5.68. The summed E-state index contributed by atoms with van der Waals surface area (Å²) in [5, 5.41) is 3.70. The summed E-state index contributed by atoms with van der Waals surface area (Å²) in [6.07, 6.45) is 3.41. The first-order valence-corrected chi connectivity index (χ1v) is 7.96. The van der Waals surface area contributed by atoms with E-state index in [0.29, 0.717) is 0 Å². The maximum absolute atomic E-state index is 5.65. The summed E-state index contributed by atoms with van der Waals surface area (Å²) >= 11 is 0. The van der Waals surface area contributed by atoms with Gasteiger partial charge in [0.1, 0.15) is 5.75 Å². The Morgan fingerprint density at radius 3 is 2.45 bits per heavy atom. The molecule has 1 heterocycles. The molecule has 112 valence electrons. The smallest absolute Gasteiger partial charge is 0.119 e. The van der Waals surface area contributed by atoms with Crippen LogP contribution in [-0.4, -0.2) is 31.8 Å². The molecule has 0 amide bonds. The molecule has 0 unspecified atom stereocenters. The van der Waals surface area contributed by atoms with Crippen molar-refractivity contribution in [2.45, 2.75) is 45.6 Å². The third kappa shape index (κ3) is 3.45. The molecule has 0 spiro atoms. The minimum Gasteiger partial charge on any atom is -0.494 e. The minimum atomic E-state index is 0.273. The molecule has 3 nitrogen and oxygen atoms in total. The zero-order chi connectivity index (χ0) is 14.4.